The first-order valence-electron chi connectivity index (χ1n) is 8.03. The summed E-state index contributed by atoms with van der Waals surface area (Å²) in [5, 5.41) is 2.96. The molecule has 24 heavy (non-hydrogen) atoms. The smallest absolute Gasteiger partial charge is 0.251 e. The van der Waals surface area contributed by atoms with Gasteiger partial charge < -0.3 is 15.5 Å². The van der Waals surface area contributed by atoms with Crippen LogP contribution in [0, 0.1) is 0 Å². The summed E-state index contributed by atoms with van der Waals surface area (Å²) in [6, 6.07) is 11.4. The van der Waals surface area contributed by atoms with Gasteiger partial charge in [-0.3, -0.25) is 14.5 Å². The number of benzene rings is 1. The number of nitrogens with two attached hydrogens (primary N) is 1. The summed E-state index contributed by atoms with van der Waals surface area (Å²) in [6.45, 7) is 1.19. The van der Waals surface area contributed by atoms with Crippen LogP contribution in [-0.2, 0) is 17.9 Å². The predicted molar refractivity (Wildman–Crippen MR) is 88.9 cm³/mol. The number of primary amides is 1. The molecule has 0 aliphatic heterocycles. The molecular formula is C18H21N3O3. The molecule has 1 aliphatic carbocycles. The lowest BCUT2D eigenvalue weighted by Gasteiger charge is -2.19. The summed E-state index contributed by atoms with van der Waals surface area (Å²) in [5.74, 6) is 0.354. The van der Waals surface area contributed by atoms with Gasteiger partial charge in [0.1, 0.15) is 5.76 Å². The van der Waals surface area contributed by atoms with Crippen molar-refractivity contribution in [1.82, 2.24) is 10.2 Å². The normalized spacial score (nSPS) is 13.9. The largest absolute Gasteiger partial charge is 0.468 e. The van der Waals surface area contributed by atoms with Gasteiger partial charge in [0.05, 0.1) is 19.4 Å². The molecule has 0 atom stereocenters. The second-order valence-electron chi connectivity index (χ2n) is 6.14. The Balaban J connectivity index is 1.62. The van der Waals surface area contributed by atoms with Gasteiger partial charge >= 0.3 is 0 Å². The van der Waals surface area contributed by atoms with E-state index in [0.717, 1.165) is 24.2 Å². The van der Waals surface area contributed by atoms with Crippen LogP contribution >= 0.6 is 0 Å². The third-order valence-corrected chi connectivity index (χ3v) is 3.87. The first-order chi connectivity index (χ1) is 11.6. The molecule has 3 rings (SSSR count). The van der Waals surface area contributed by atoms with E-state index >= 15 is 0 Å². The van der Waals surface area contributed by atoms with Crippen LogP contribution in [0.15, 0.2) is 47.1 Å². The number of nitrogens with one attached hydrogen (secondary N) is 1. The molecular weight excluding hydrogens is 306 g/mol. The average Bonchev–Trinajstić information content (AvgIpc) is 3.20. The van der Waals surface area contributed by atoms with E-state index in [1.807, 2.05) is 41.3 Å². The van der Waals surface area contributed by atoms with Crippen LogP contribution in [-0.4, -0.2) is 29.3 Å². The van der Waals surface area contributed by atoms with E-state index in [1.165, 1.54) is 0 Å². The molecule has 1 heterocycles. The zero-order chi connectivity index (χ0) is 16.9. The summed E-state index contributed by atoms with van der Waals surface area (Å²) in [7, 11) is 0. The van der Waals surface area contributed by atoms with Crippen LogP contribution in [0.2, 0.25) is 0 Å². The van der Waals surface area contributed by atoms with E-state index in [-0.39, 0.29) is 18.4 Å². The molecule has 0 spiro atoms. The number of hydrogen-bond acceptors (Lipinski definition) is 4. The summed E-state index contributed by atoms with van der Waals surface area (Å²) in [5.41, 5.74) is 6.98. The van der Waals surface area contributed by atoms with Crippen LogP contribution in [0.5, 0.6) is 0 Å². The molecule has 1 aliphatic rings. The zero-order valence-corrected chi connectivity index (χ0v) is 13.4. The molecule has 1 saturated carbocycles. The molecule has 6 heteroatoms. The quantitative estimate of drug-likeness (QED) is 0.772. The van der Waals surface area contributed by atoms with Gasteiger partial charge in [-0.25, -0.2) is 0 Å². The third kappa shape index (κ3) is 4.70. The SMILES string of the molecule is NC(=O)CN(Cc1ccc(C(=O)NC2CC2)cc1)Cc1ccco1. The molecule has 0 bridgehead atoms. The maximum absolute atomic E-state index is 12.0. The van der Waals surface area contributed by atoms with Crippen molar-refractivity contribution in [3.8, 4) is 0 Å². The maximum atomic E-state index is 12.0. The molecule has 0 saturated heterocycles. The van der Waals surface area contributed by atoms with Gasteiger partial charge in [-0.15, -0.1) is 0 Å². The fraction of sp³-hybridized carbons (Fsp3) is 0.333. The van der Waals surface area contributed by atoms with Crippen molar-refractivity contribution in [2.75, 3.05) is 6.54 Å². The lowest BCUT2D eigenvalue weighted by atomic mass is 10.1. The van der Waals surface area contributed by atoms with Crippen LogP contribution in [0.4, 0.5) is 0 Å². The minimum atomic E-state index is -0.387. The van der Waals surface area contributed by atoms with E-state index in [2.05, 4.69) is 5.32 Å². The molecule has 3 N–H and O–H groups in total. The standard InChI is InChI=1S/C18H21N3O3/c19-17(22)12-21(11-16-2-1-9-24-16)10-13-3-5-14(6-4-13)18(23)20-15-7-8-15/h1-6,9,15H,7-8,10-12H2,(H2,19,22)(H,20,23). The van der Waals surface area contributed by atoms with E-state index in [1.54, 1.807) is 6.26 Å². The van der Waals surface area contributed by atoms with Gasteiger partial charge in [0.15, 0.2) is 0 Å². The molecule has 1 fully saturated rings. The zero-order valence-electron chi connectivity index (χ0n) is 13.4. The number of amides is 2. The highest BCUT2D eigenvalue weighted by Crippen LogP contribution is 2.19. The highest BCUT2D eigenvalue weighted by Gasteiger charge is 2.23. The Morgan fingerprint density at radius 3 is 2.50 bits per heavy atom. The van der Waals surface area contributed by atoms with E-state index in [9.17, 15) is 9.59 Å². The number of hydrogen-bond donors (Lipinski definition) is 2. The number of nitrogens with zero attached hydrogens (tertiary/aromatic N) is 1. The summed E-state index contributed by atoms with van der Waals surface area (Å²) >= 11 is 0. The minimum absolute atomic E-state index is 0.0337. The number of rotatable bonds is 8. The third-order valence-electron chi connectivity index (χ3n) is 3.87. The van der Waals surface area contributed by atoms with Crippen LogP contribution in [0.3, 0.4) is 0 Å². The van der Waals surface area contributed by atoms with Gasteiger partial charge in [-0.05, 0) is 42.7 Å². The molecule has 1 aromatic heterocycles. The monoisotopic (exact) mass is 327 g/mol. The molecule has 2 aromatic rings. The highest BCUT2D eigenvalue weighted by atomic mass is 16.3. The van der Waals surface area contributed by atoms with Crippen LogP contribution in [0.25, 0.3) is 0 Å². The fourth-order valence-electron chi connectivity index (χ4n) is 2.53. The Morgan fingerprint density at radius 2 is 1.92 bits per heavy atom. The molecule has 0 unspecified atom stereocenters. The van der Waals surface area contributed by atoms with Crippen LogP contribution < -0.4 is 11.1 Å². The first kappa shape index (κ1) is 16.3. The highest BCUT2D eigenvalue weighted by molar-refractivity contribution is 5.94. The van der Waals surface area contributed by atoms with Crippen molar-refractivity contribution in [3.05, 3.63) is 59.5 Å². The Hall–Kier alpha value is -2.60. The number of carbonyl (C=O) groups is 2. The van der Waals surface area contributed by atoms with Crippen molar-refractivity contribution < 1.29 is 14.0 Å². The summed E-state index contributed by atoms with van der Waals surface area (Å²) in [4.78, 5) is 25.2. The van der Waals surface area contributed by atoms with E-state index < -0.39 is 0 Å². The Kier molecular flexibility index (Phi) is 4.96. The van der Waals surface area contributed by atoms with Gasteiger partial charge in [-0.1, -0.05) is 12.1 Å². The van der Waals surface area contributed by atoms with Gasteiger partial charge in [-0.2, -0.15) is 0 Å². The van der Waals surface area contributed by atoms with Crippen LogP contribution in [0.1, 0.15) is 34.5 Å². The van der Waals surface area contributed by atoms with E-state index in [0.29, 0.717) is 24.7 Å². The Labute approximate surface area is 140 Å². The molecule has 126 valence electrons. The second kappa shape index (κ2) is 7.31. The topological polar surface area (TPSA) is 88.6 Å². The van der Waals surface area contributed by atoms with Gasteiger partial charge in [0.2, 0.25) is 5.91 Å². The first-order valence-corrected chi connectivity index (χ1v) is 8.03. The van der Waals surface area contributed by atoms with Crippen molar-refractivity contribution in [1.29, 1.82) is 0 Å². The minimum Gasteiger partial charge on any atom is -0.468 e. The second-order valence-corrected chi connectivity index (χ2v) is 6.14. The van der Waals surface area contributed by atoms with Crippen molar-refractivity contribution >= 4 is 11.8 Å². The van der Waals surface area contributed by atoms with Crippen molar-refractivity contribution in [2.24, 2.45) is 5.73 Å². The number of furan rings is 1. The predicted octanol–water partition coefficient (Wildman–Crippen LogP) is 1.66. The average molecular weight is 327 g/mol. The lowest BCUT2D eigenvalue weighted by Crippen LogP contribution is -2.33. The van der Waals surface area contributed by atoms with Gasteiger partial charge in [0.25, 0.3) is 5.91 Å². The molecule has 2 amide bonds. The van der Waals surface area contributed by atoms with Crippen molar-refractivity contribution in [3.63, 3.8) is 0 Å². The van der Waals surface area contributed by atoms with E-state index in [4.69, 9.17) is 10.2 Å². The lowest BCUT2D eigenvalue weighted by molar-refractivity contribution is -0.119. The maximum Gasteiger partial charge on any atom is 0.251 e. The Morgan fingerprint density at radius 1 is 1.17 bits per heavy atom. The Bertz CT molecular complexity index is 691. The number of carbonyl (C=O) groups excluding carboxylic acids is 2. The molecule has 6 nitrogen and oxygen atoms in total. The van der Waals surface area contributed by atoms with Crippen molar-refractivity contribution in [2.45, 2.75) is 32.0 Å². The molecule has 1 aromatic carbocycles. The molecule has 0 radical (unpaired) electrons. The fourth-order valence-corrected chi connectivity index (χ4v) is 2.53. The summed E-state index contributed by atoms with van der Waals surface area (Å²) in [6.07, 6.45) is 3.74. The van der Waals surface area contributed by atoms with Gasteiger partial charge in [0, 0.05) is 18.2 Å². The summed E-state index contributed by atoms with van der Waals surface area (Å²) < 4.78 is 5.33.